The minimum Gasteiger partial charge on any atom is -0.377 e. The van der Waals surface area contributed by atoms with E-state index in [0.29, 0.717) is 12.1 Å². The molecule has 2 unspecified atom stereocenters. The van der Waals surface area contributed by atoms with Crippen LogP contribution in [0.1, 0.15) is 32.6 Å². The minimum absolute atomic E-state index is 0.387. The number of nitrogens with two attached hydrogens (primary N) is 1. The zero-order valence-electron chi connectivity index (χ0n) is 8.50. The van der Waals surface area contributed by atoms with E-state index >= 15 is 0 Å². The van der Waals surface area contributed by atoms with E-state index in [-0.39, 0.29) is 0 Å². The van der Waals surface area contributed by atoms with Gasteiger partial charge in [0.05, 0.1) is 12.7 Å². The molecular formula is C10H21NOS. The van der Waals surface area contributed by atoms with E-state index in [0.717, 1.165) is 18.8 Å². The largest absolute Gasteiger partial charge is 0.377 e. The van der Waals surface area contributed by atoms with Crippen molar-refractivity contribution >= 4 is 11.8 Å². The summed E-state index contributed by atoms with van der Waals surface area (Å²) in [7, 11) is 0. The maximum absolute atomic E-state index is 5.87. The van der Waals surface area contributed by atoms with E-state index in [2.05, 4.69) is 6.92 Å². The van der Waals surface area contributed by atoms with Gasteiger partial charge >= 0.3 is 0 Å². The first-order valence-electron chi connectivity index (χ1n) is 5.28. The lowest BCUT2D eigenvalue weighted by Crippen LogP contribution is -2.32. The third-order valence-corrected chi connectivity index (χ3v) is 3.32. The molecule has 13 heavy (non-hydrogen) atoms. The van der Waals surface area contributed by atoms with Crippen molar-refractivity contribution in [2.24, 2.45) is 5.73 Å². The van der Waals surface area contributed by atoms with Crippen LogP contribution in [0.3, 0.4) is 0 Å². The molecule has 1 aliphatic rings. The van der Waals surface area contributed by atoms with Crippen LogP contribution >= 0.6 is 11.8 Å². The van der Waals surface area contributed by atoms with Crippen molar-refractivity contribution in [1.82, 2.24) is 0 Å². The molecule has 0 radical (unpaired) electrons. The Labute approximate surface area is 85.6 Å². The lowest BCUT2D eigenvalue weighted by Gasteiger charge is -2.26. The van der Waals surface area contributed by atoms with Gasteiger partial charge in [0, 0.05) is 11.8 Å². The van der Waals surface area contributed by atoms with Crippen molar-refractivity contribution in [2.75, 3.05) is 18.1 Å². The monoisotopic (exact) mass is 203 g/mol. The summed E-state index contributed by atoms with van der Waals surface area (Å²) in [6.07, 6.45) is 5.15. The van der Waals surface area contributed by atoms with Gasteiger partial charge in [-0.25, -0.2) is 0 Å². The molecule has 1 saturated carbocycles. The summed E-state index contributed by atoms with van der Waals surface area (Å²) < 4.78 is 5.75. The summed E-state index contributed by atoms with van der Waals surface area (Å²) in [5.41, 5.74) is 5.87. The molecule has 1 rings (SSSR count). The van der Waals surface area contributed by atoms with Gasteiger partial charge in [0.1, 0.15) is 0 Å². The number of hydrogen-bond donors (Lipinski definition) is 1. The molecule has 1 fully saturated rings. The Hall–Kier alpha value is 0.270. The molecular weight excluding hydrogens is 182 g/mol. The highest BCUT2D eigenvalue weighted by Crippen LogP contribution is 2.19. The molecule has 78 valence electrons. The van der Waals surface area contributed by atoms with E-state index in [1.807, 2.05) is 11.8 Å². The van der Waals surface area contributed by atoms with Crippen molar-refractivity contribution in [3.63, 3.8) is 0 Å². The van der Waals surface area contributed by atoms with E-state index < -0.39 is 0 Å². The zero-order valence-corrected chi connectivity index (χ0v) is 9.31. The maximum atomic E-state index is 5.87. The normalized spacial score (nSPS) is 29.1. The number of hydrogen-bond acceptors (Lipinski definition) is 3. The number of thioether (sulfide) groups is 1. The van der Waals surface area contributed by atoms with E-state index in [4.69, 9.17) is 10.5 Å². The Morgan fingerprint density at radius 1 is 1.46 bits per heavy atom. The van der Waals surface area contributed by atoms with Crippen LogP contribution in [-0.4, -0.2) is 30.3 Å². The molecule has 0 bridgehead atoms. The summed E-state index contributed by atoms with van der Waals surface area (Å²) in [6.45, 7) is 3.08. The molecule has 2 nitrogen and oxygen atoms in total. The fourth-order valence-electron chi connectivity index (χ4n) is 1.75. The van der Waals surface area contributed by atoms with Gasteiger partial charge in [-0.15, -0.1) is 0 Å². The standard InChI is InChI=1S/C10H21NOS/c1-2-13-7-6-12-10-5-3-4-9(11)8-10/h9-10H,2-8,11H2,1H3. The summed E-state index contributed by atoms with van der Waals surface area (Å²) >= 11 is 1.94. The first-order valence-corrected chi connectivity index (χ1v) is 6.43. The van der Waals surface area contributed by atoms with E-state index in [9.17, 15) is 0 Å². The van der Waals surface area contributed by atoms with E-state index in [1.165, 1.54) is 25.0 Å². The quantitative estimate of drug-likeness (QED) is 0.694. The average molecular weight is 203 g/mol. The Kier molecular flexibility index (Phi) is 5.83. The Balaban J connectivity index is 2.00. The molecule has 0 aromatic heterocycles. The molecule has 1 aliphatic carbocycles. The second-order valence-electron chi connectivity index (χ2n) is 3.62. The van der Waals surface area contributed by atoms with Crippen LogP contribution in [0.2, 0.25) is 0 Å². The van der Waals surface area contributed by atoms with Crippen molar-refractivity contribution < 1.29 is 4.74 Å². The highest BCUT2D eigenvalue weighted by Gasteiger charge is 2.18. The van der Waals surface area contributed by atoms with Gasteiger partial charge in [0.2, 0.25) is 0 Å². The smallest absolute Gasteiger partial charge is 0.0590 e. The summed E-state index contributed by atoms with van der Waals surface area (Å²) in [5, 5.41) is 0. The molecule has 3 heteroatoms. The van der Waals surface area contributed by atoms with Gasteiger partial charge in [0.15, 0.2) is 0 Å². The molecule has 2 N–H and O–H groups in total. The van der Waals surface area contributed by atoms with Crippen LogP contribution in [-0.2, 0) is 4.74 Å². The molecule has 0 saturated heterocycles. The second-order valence-corrected chi connectivity index (χ2v) is 5.01. The Morgan fingerprint density at radius 3 is 3.00 bits per heavy atom. The molecule has 2 atom stereocenters. The lowest BCUT2D eigenvalue weighted by molar-refractivity contribution is 0.0332. The zero-order chi connectivity index (χ0) is 9.52. The molecule has 0 aromatic carbocycles. The van der Waals surface area contributed by atoms with Crippen LogP contribution in [0.5, 0.6) is 0 Å². The first kappa shape index (κ1) is 11.3. The molecule has 0 heterocycles. The SMILES string of the molecule is CCSCCOC1CCCC(N)C1. The van der Waals surface area contributed by atoms with Crippen LogP contribution in [0.25, 0.3) is 0 Å². The predicted molar refractivity (Wildman–Crippen MR) is 59.2 cm³/mol. The Bertz CT molecular complexity index is 132. The lowest BCUT2D eigenvalue weighted by atomic mass is 9.94. The summed E-state index contributed by atoms with van der Waals surface area (Å²) in [4.78, 5) is 0. The Morgan fingerprint density at radius 2 is 2.31 bits per heavy atom. The third kappa shape index (κ3) is 4.89. The van der Waals surface area contributed by atoms with Crippen LogP contribution in [0, 0.1) is 0 Å². The third-order valence-electron chi connectivity index (χ3n) is 2.45. The minimum atomic E-state index is 0.387. The molecule has 0 aromatic rings. The molecule has 0 aliphatic heterocycles. The van der Waals surface area contributed by atoms with Gasteiger partial charge in [0.25, 0.3) is 0 Å². The van der Waals surface area contributed by atoms with Gasteiger partial charge in [-0.1, -0.05) is 6.92 Å². The van der Waals surface area contributed by atoms with Gasteiger partial charge in [-0.3, -0.25) is 0 Å². The van der Waals surface area contributed by atoms with Gasteiger partial charge in [-0.2, -0.15) is 11.8 Å². The number of rotatable bonds is 5. The predicted octanol–water partition coefficient (Wildman–Crippen LogP) is 2.03. The van der Waals surface area contributed by atoms with Crippen LogP contribution in [0.15, 0.2) is 0 Å². The maximum Gasteiger partial charge on any atom is 0.0590 e. The van der Waals surface area contributed by atoms with Crippen LogP contribution < -0.4 is 5.73 Å². The number of ether oxygens (including phenoxy) is 1. The van der Waals surface area contributed by atoms with Crippen molar-refractivity contribution in [3.8, 4) is 0 Å². The van der Waals surface area contributed by atoms with Crippen molar-refractivity contribution in [3.05, 3.63) is 0 Å². The first-order chi connectivity index (χ1) is 6.33. The van der Waals surface area contributed by atoms with Crippen molar-refractivity contribution in [1.29, 1.82) is 0 Å². The summed E-state index contributed by atoms with van der Waals surface area (Å²) in [5.74, 6) is 2.32. The highest BCUT2D eigenvalue weighted by atomic mass is 32.2. The van der Waals surface area contributed by atoms with Crippen LogP contribution in [0.4, 0.5) is 0 Å². The van der Waals surface area contributed by atoms with E-state index in [1.54, 1.807) is 0 Å². The average Bonchev–Trinajstić information content (AvgIpc) is 2.13. The van der Waals surface area contributed by atoms with Crippen molar-refractivity contribution in [2.45, 2.75) is 44.8 Å². The highest BCUT2D eigenvalue weighted by molar-refractivity contribution is 7.99. The summed E-state index contributed by atoms with van der Waals surface area (Å²) in [6, 6.07) is 0.387. The van der Waals surface area contributed by atoms with Gasteiger partial charge < -0.3 is 10.5 Å². The molecule has 0 amide bonds. The fourth-order valence-corrected chi connectivity index (χ4v) is 2.25. The fraction of sp³-hybridized carbons (Fsp3) is 1.00. The topological polar surface area (TPSA) is 35.2 Å². The molecule has 0 spiro atoms. The van der Waals surface area contributed by atoms with Gasteiger partial charge in [-0.05, 0) is 31.4 Å². The second kappa shape index (κ2) is 6.68.